The van der Waals surface area contributed by atoms with Crippen LogP contribution in [0.15, 0.2) is 24.3 Å². The van der Waals surface area contributed by atoms with Crippen LogP contribution >= 0.6 is 0 Å². The molecule has 3 atom stereocenters. The van der Waals surface area contributed by atoms with Crippen molar-refractivity contribution in [2.45, 2.75) is 26.7 Å². The minimum atomic E-state index is -0.248. The number of Topliss-reactive ketones (excluding diaryl/α,β-unsaturated/α-hetero) is 1. The minimum absolute atomic E-state index is 0.248. The van der Waals surface area contributed by atoms with Crippen molar-refractivity contribution in [1.29, 1.82) is 0 Å². The second-order valence-corrected chi connectivity index (χ2v) is 4.48. The Bertz CT molecular complexity index is 300. The first-order valence-electron chi connectivity index (χ1n) is 4.95. The molecule has 1 heteroatoms. The van der Waals surface area contributed by atoms with Gasteiger partial charge in [-0.05, 0) is 26.7 Å². The Morgan fingerprint density at radius 1 is 1.69 bits per heavy atom. The normalized spacial score (nSPS) is 42.5. The van der Waals surface area contributed by atoms with Gasteiger partial charge in [-0.1, -0.05) is 24.3 Å². The van der Waals surface area contributed by atoms with Crippen molar-refractivity contribution >= 4 is 5.78 Å². The number of allylic oxidation sites excluding steroid dienone is 3. The van der Waals surface area contributed by atoms with Gasteiger partial charge in [0, 0.05) is 11.8 Å². The lowest BCUT2D eigenvalue weighted by molar-refractivity contribution is -0.148. The van der Waals surface area contributed by atoms with Gasteiger partial charge in [-0.3, -0.25) is 4.79 Å². The summed E-state index contributed by atoms with van der Waals surface area (Å²) >= 11 is 0. The molecule has 2 aliphatic carbocycles. The topological polar surface area (TPSA) is 17.1 Å². The zero-order valence-corrected chi connectivity index (χ0v) is 8.34. The van der Waals surface area contributed by atoms with Crippen LogP contribution in [0.5, 0.6) is 0 Å². The molecule has 70 valence electrons. The SMILES string of the molecule is C=C(C)C1(C)C(=O)[C@H]2CCC=C[C@H]21. The fourth-order valence-electron chi connectivity index (χ4n) is 2.67. The van der Waals surface area contributed by atoms with E-state index in [1.807, 2.05) is 13.8 Å². The third kappa shape index (κ3) is 0.903. The summed E-state index contributed by atoms with van der Waals surface area (Å²) in [6.45, 7) is 7.94. The van der Waals surface area contributed by atoms with Crippen LogP contribution in [-0.4, -0.2) is 5.78 Å². The maximum Gasteiger partial charge on any atom is 0.147 e. The van der Waals surface area contributed by atoms with Crippen molar-refractivity contribution in [2.75, 3.05) is 0 Å². The molecular weight excluding hydrogens is 160 g/mol. The Hall–Kier alpha value is -0.850. The standard InChI is InChI=1S/C12H16O/c1-8(2)12(3)10-7-5-4-6-9(10)11(12)13/h5,7,9-10H,1,4,6H2,2-3H3/t9-,10+,12?/m0/s1. The fraction of sp³-hybridized carbons (Fsp3) is 0.583. The summed E-state index contributed by atoms with van der Waals surface area (Å²) in [4.78, 5) is 11.9. The van der Waals surface area contributed by atoms with Gasteiger partial charge in [-0.15, -0.1) is 0 Å². The summed E-state index contributed by atoms with van der Waals surface area (Å²) in [5.41, 5.74) is 0.770. The van der Waals surface area contributed by atoms with Crippen molar-refractivity contribution in [2.24, 2.45) is 17.3 Å². The highest BCUT2D eigenvalue weighted by Crippen LogP contribution is 2.55. The molecule has 1 saturated carbocycles. The molecule has 2 rings (SSSR count). The number of fused-ring (bicyclic) bond motifs is 1. The number of hydrogen-bond acceptors (Lipinski definition) is 1. The fourth-order valence-corrected chi connectivity index (χ4v) is 2.67. The van der Waals surface area contributed by atoms with Crippen LogP contribution in [-0.2, 0) is 4.79 Å². The van der Waals surface area contributed by atoms with Crippen LogP contribution in [0.4, 0.5) is 0 Å². The monoisotopic (exact) mass is 176 g/mol. The Labute approximate surface area is 79.5 Å². The van der Waals surface area contributed by atoms with E-state index in [-0.39, 0.29) is 5.41 Å². The molecule has 0 heterocycles. The first-order chi connectivity index (χ1) is 6.08. The van der Waals surface area contributed by atoms with Crippen LogP contribution in [0, 0.1) is 17.3 Å². The van der Waals surface area contributed by atoms with E-state index >= 15 is 0 Å². The van der Waals surface area contributed by atoms with Crippen LogP contribution in [0.3, 0.4) is 0 Å². The van der Waals surface area contributed by atoms with Crippen LogP contribution < -0.4 is 0 Å². The zero-order valence-electron chi connectivity index (χ0n) is 8.34. The summed E-state index contributed by atoms with van der Waals surface area (Å²) in [5, 5.41) is 0. The first kappa shape index (κ1) is 8.74. The smallest absolute Gasteiger partial charge is 0.147 e. The van der Waals surface area contributed by atoms with E-state index in [0.29, 0.717) is 17.6 Å². The molecule has 0 aromatic carbocycles. The molecule has 0 amide bonds. The maximum atomic E-state index is 11.9. The lowest BCUT2D eigenvalue weighted by atomic mass is 9.49. The Morgan fingerprint density at radius 3 is 3.00 bits per heavy atom. The Morgan fingerprint density at radius 2 is 2.38 bits per heavy atom. The van der Waals surface area contributed by atoms with E-state index in [2.05, 4.69) is 18.7 Å². The molecule has 2 aliphatic rings. The van der Waals surface area contributed by atoms with Gasteiger partial charge < -0.3 is 0 Å². The van der Waals surface area contributed by atoms with Crippen molar-refractivity contribution in [3.8, 4) is 0 Å². The van der Waals surface area contributed by atoms with Gasteiger partial charge in [0.1, 0.15) is 5.78 Å². The van der Waals surface area contributed by atoms with E-state index in [0.717, 1.165) is 18.4 Å². The van der Waals surface area contributed by atoms with E-state index in [1.54, 1.807) is 0 Å². The predicted molar refractivity (Wildman–Crippen MR) is 53.3 cm³/mol. The quantitative estimate of drug-likeness (QED) is 0.561. The van der Waals surface area contributed by atoms with Crippen molar-refractivity contribution in [3.05, 3.63) is 24.3 Å². The summed E-state index contributed by atoms with van der Waals surface area (Å²) in [6.07, 6.45) is 6.53. The summed E-state index contributed by atoms with van der Waals surface area (Å²) < 4.78 is 0. The predicted octanol–water partition coefficient (Wildman–Crippen LogP) is 2.73. The van der Waals surface area contributed by atoms with E-state index in [4.69, 9.17) is 0 Å². The van der Waals surface area contributed by atoms with Gasteiger partial charge >= 0.3 is 0 Å². The summed E-state index contributed by atoms with van der Waals surface area (Å²) in [7, 11) is 0. The molecular formula is C12H16O. The summed E-state index contributed by atoms with van der Waals surface area (Å²) in [5.74, 6) is 1.15. The Balaban J connectivity index is 2.33. The highest BCUT2D eigenvalue weighted by molar-refractivity contribution is 5.97. The van der Waals surface area contributed by atoms with Gasteiger partial charge in [0.05, 0.1) is 5.41 Å². The second kappa shape index (κ2) is 2.57. The van der Waals surface area contributed by atoms with Gasteiger partial charge in [0.2, 0.25) is 0 Å². The van der Waals surface area contributed by atoms with Gasteiger partial charge in [0.15, 0.2) is 0 Å². The van der Waals surface area contributed by atoms with Crippen molar-refractivity contribution < 1.29 is 4.79 Å². The number of rotatable bonds is 1. The summed E-state index contributed by atoms with van der Waals surface area (Å²) in [6, 6.07) is 0. The van der Waals surface area contributed by atoms with Crippen LogP contribution in [0.1, 0.15) is 26.7 Å². The lowest BCUT2D eigenvalue weighted by Gasteiger charge is -2.52. The number of carbonyl (C=O) groups excluding carboxylic acids is 1. The molecule has 0 N–H and O–H groups in total. The third-order valence-electron chi connectivity index (χ3n) is 3.82. The average Bonchev–Trinajstić information content (AvgIpc) is 2.15. The van der Waals surface area contributed by atoms with E-state index in [9.17, 15) is 4.79 Å². The molecule has 13 heavy (non-hydrogen) atoms. The molecule has 0 spiro atoms. The second-order valence-electron chi connectivity index (χ2n) is 4.48. The number of ketones is 1. The lowest BCUT2D eigenvalue weighted by Crippen LogP contribution is -2.56. The maximum absolute atomic E-state index is 11.9. The number of carbonyl (C=O) groups is 1. The van der Waals surface area contributed by atoms with E-state index < -0.39 is 0 Å². The van der Waals surface area contributed by atoms with E-state index in [1.165, 1.54) is 0 Å². The third-order valence-corrected chi connectivity index (χ3v) is 3.82. The largest absolute Gasteiger partial charge is 0.298 e. The first-order valence-corrected chi connectivity index (χ1v) is 4.95. The molecule has 0 radical (unpaired) electrons. The molecule has 1 nitrogen and oxygen atoms in total. The molecule has 1 fully saturated rings. The van der Waals surface area contributed by atoms with Crippen molar-refractivity contribution in [1.82, 2.24) is 0 Å². The van der Waals surface area contributed by atoms with Gasteiger partial charge in [-0.25, -0.2) is 0 Å². The van der Waals surface area contributed by atoms with Gasteiger partial charge in [-0.2, -0.15) is 0 Å². The number of hydrogen-bond donors (Lipinski definition) is 0. The van der Waals surface area contributed by atoms with Crippen molar-refractivity contribution in [3.63, 3.8) is 0 Å². The molecule has 0 aromatic heterocycles. The molecule has 1 unspecified atom stereocenters. The average molecular weight is 176 g/mol. The highest BCUT2D eigenvalue weighted by Gasteiger charge is 2.57. The molecule has 0 bridgehead atoms. The minimum Gasteiger partial charge on any atom is -0.298 e. The van der Waals surface area contributed by atoms with Crippen LogP contribution in [0.2, 0.25) is 0 Å². The molecule has 0 aromatic rings. The molecule has 0 aliphatic heterocycles. The van der Waals surface area contributed by atoms with Gasteiger partial charge in [0.25, 0.3) is 0 Å². The zero-order chi connectivity index (χ0) is 9.64. The van der Waals surface area contributed by atoms with Crippen LogP contribution in [0.25, 0.3) is 0 Å². The molecule has 0 saturated heterocycles. The Kier molecular flexibility index (Phi) is 1.73. The highest BCUT2D eigenvalue weighted by atomic mass is 16.1.